The molecule has 0 aromatic heterocycles. The number of unbranched alkanes of at least 4 members (excludes halogenated alkanes) is 1. The van der Waals surface area contributed by atoms with Gasteiger partial charge in [0.2, 0.25) is 0 Å². The van der Waals surface area contributed by atoms with E-state index in [2.05, 4.69) is 22.5 Å². The molecule has 0 bridgehead atoms. The van der Waals surface area contributed by atoms with Crippen LogP contribution in [0.25, 0.3) is 0 Å². The Kier molecular flexibility index (Phi) is 10.5. The number of nitrogens with one attached hydrogen (secondary N) is 2. The molecule has 1 aliphatic rings. The van der Waals surface area contributed by atoms with Crippen molar-refractivity contribution in [3.8, 4) is 5.75 Å². The lowest BCUT2D eigenvalue weighted by molar-refractivity contribution is 0.0951. The van der Waals surface area contributed by atoms with Crippen molar-refractivity contribution < 1.29 is 9.53 Å². The Morgan fingerprint density at radius 3 is 2.58 bits per heavy atom. The van der Waals surface area contributed by atoms with Crippen LogP contribution in [0, 0.1) is 0 Å². The van der Waals surface area contributed by atoms with Crippen LogP contribution in [0.3, 0.4) is 0 Å². The zero-order valence-electron chi connectivity index (χ0n) is 14.6. The Bertz CT molecular complexity index is 462. The second-order valence-electron chi connectivity index (χ2n) is 5.93. The van der Waals surface area contributed by atoms with Gasteiger partial charge in [0.1, 0.15) is 5.75 Å². The third-order valence-electron chi connectivity index (χ3n) is 4.03. The number of benzene rings is 1. The van der Waals surface area contributed by atoms with Crippen molar-refractivity contribution in [3.05, 3.63) is 29.8 Å². The number of piperazine rings is 1. The van der Waals surface area contributed by atoms with Crippen molar-refractivity contribution in [2.45, 2.75) is 26.2 Å². The number of rotatable bonds is 9. The van der Waals surface area contributed by atoms with E-state index < -0.39 is 0 Å². The average molecular weight is 356 g/mol. The summed E-state index contributed by atoms with van der Waals surface area (Å²) in [6, 6.07) is 7.39. The first kappa shape index (κ1) is 20.7. The molecule has 1 fully saturated rings. The lowest BCUT2D eigenvalue weighted by atomic mass is 10.2. The first-order valence-electron chi connectivity index (χ1n) is 8.73. The zero-order valence-corrected chi connectivity index (χ0v) is 15.4. The van der Waals surface area contributed by atoms with Crippen LogP contribution >= 0.6 is 12.4 Å². The van der Waals surface area contributed by atoms with Crippen LogP contribution < -0.4 is 15.4 Å². The number of amides is 1. The summed E-state index contributed by atoms with van der Waals surface area (Å²) in [4.78, 5) is 14.5. The Balaban J connectivity index is 0.00000288. The SMILES string of the molecule is CCCCOc1ccc(C(=O)NCCCN2CCNCC2)cc1.Cl. The molecule has 0 radical (unpaired) electrons. The van der Waals surface area contributed by atoms with E-state index in [-0.39, 0.29) is 18.3 Å². The van der Waals surface area contributed by atoms with Gasteiger partial charge < -0.3 is 20.3 Å². The number of nitrogens with zero attached hydrogens (tertiary/aromatic N) is 1. The molecule has 0 unspecified atom stereocenters. The van der Waals surface area contributed by atoms with Crippen LogP contribution in [0.1, 0.15) is 36.5 Å². The predicted octanol–water partition coefficient (Wildman–Crippen LogP) is 2.31. The van der Waals surface area contributed by atoms with E-state index in [0.717, 1.165) is 70.9 Å². The summed E-state index contributed by atoms with van der Waals surface area (Å²) in [7, 11) is 0. The molecule has 5 nitrogen and oxygen atoms in total. The van der Waals surface area contributed by atoms with E-state index in [9.17, 15) is 4.79 Å². The summed E-state index contributed by atoms with van der Waals surface area (Å²) in [6.07, 6.45) is 3.16. The molecule has 1 heterocycles. The highest BCUT2D eigenvalue weighted by Crippen LogP contribution is 2.12. The summed E-state index contributed by atoms with van der Waals surface area (Å²) in [5, 5.41) is 6.33. The first-order valence-corrected chi connectivity index (χ1v) is 8.73. The van der Waals surface area contributed by atoms with Crippen LogP contribution in [0.2, 0.25) is 0 Å². The van der Waals surface area contributed by atoms with Crippen molar-refractivity contribution in [1.29, 1.82) is 0 Å². The van der Waals surface area contributed by atoms with Crippen molar-refractivity contribution in [3.63, 3.8) is 0 Å². The molecule has 1 aromatic carbocycles. The van der Waals surface area contributed by atoms with E-state index in [0.29, 0.717) is 5.56 Å². The van der Waals surface area contributed by atoms with E-state index in [1.807, 2.05) is 24.3 Å². The van der Waals surface area contributed by atoms with E-state index in [4.69, 9.17) is 4.74 Å². The van der Waals surface area contributed by atoms with Crippen molar-refractivity contribution in [1.82, 2.24) is 15.5 Å². The fourth-order valence-corrected chi connectivity index (χ4v) is 2.58. The summed E-state index contributed by atoms with van der Waals surface area (Å²) in [6.45, 7) is 8.98. The summed E-state index contributed by atoms with van der Waals surface area (Å²) in [5.41, 5.74) is 0.690. The maximum absolute atomic E-state index is 12.1. The lowest BCUT2D eigenvalue weighted by Crippen LogP contribution is -2.44. The topological polar surface area (TPSA) is 53.6 Å². The second kappa shape index (κ2) is 12.1. The first-order chi connectivity index (χ1) is 11.3. The van der Waals surface area contributed by atoms with Crippen molar-refractivity contribution in [2.24, 2.45) is 0 Å². The Hall–Kier alpha value is -1.30. The minimum Gasteiger partial charge on any atom is -0.494 e. The lowest BCUT2D eigenvalue weighted by Gasteiger charge is -2.27. The monoisotopic (exact) mass is 355 g/mol. The normalized spacial score (nSPS) is 14.7. The number of hydrogen-bond donors (Lipinski definition) is 2. The highest BCUT2D eigenvalue weighted by atomic mass is 35.5. The number of hydrogen-bond acceptors (Lipinski definition) is 4. The quantitative estimate of drug-likeness (QED) is 0.667. The van der Waals surface area contributed by atoms with E-state index in [1.54, 1.807) is 0 Å². The van der Waals surface area contributed by atoms with Gasteiger partial charge in [-0.05, 0) is 43.7 Å². The van der Waals surface area contributed by atoms with Gasteiger partial charge in [-0.15, -0.1) is 12.4 Å². The van der Waals surface area contributed by atoms with Gasteiger partial charge in [0.05, 0.1) is 6.61 Å². The van der Waals surface area contributed by atoms with E-state index >= 15 is 0 Å². The van der Waals surface area contributed by atoms with Crippen LogP contribution in [-0.2, 0) is 0 Å². The standard InChI is InChI=1S/C18H29N3O2.ClH/c1-2-3-15-23-17-7-5-16(6-8-17)18(22)20-9-4-12-21-13-10-19-11-14-21;/h5-8,19H,2-4,9-15H2,1H3,(H,20,22);1H. The molecule has 1 saturated heterocycles. The molecule has 6 heteroatoms. The van der Waals surface area contributed by atoms with Crippen LogP contribution in [0.5, 0.6) is 5.75 Å². The Morgan fingerprint density at radius 1 is 1.21 bits per heavy atom. The maximum Gasteiger partial charge on any atom is 0.251 e. The fourth-order valence-electron chi connectivity index (χ4n) is 2.58. The molecule has 0 saturated carbocycles. The second-order valence-corrected chi connectivity index (χ2v) is 5.93. The van der Waals surface area contributed by atoms with Crippen LogP contribution in [0.4, 0.5) is 0 Å². The van der Waals surface area contributed by atoms with Gasteiger partial charge in [-0.3, -0.25) is 4.79 Å². The van der Waals surface area contributed by atoms with Crippen molar-refractivity contribution >= 4 is 18.3 Å². The van der Waals surface area contributed by atoms with Gasteiger partial charge >= 0.3 is 0 Å². The van der Waals surface area contributed by atoms with Gasteiger partial charge in [0.15, 0.2) is 0 Å². The van der Waals surface area contributed by atoms with Crippen molar-refractivity contribution in [2.75, 3.05) is 45.9 Å². The minimum absolute atomic E-state index is 0. The molecular formula is C18H30ClN3O2. The smallest absolute Gasteiger partial charge is 0.251 e. The minimum atomic E-state index is -0.00887. The molecule has 0 aliphatic carbocycles. The van der Waals surface area contributed by atoms with Gasteiger partial charge in [-0.25, -0.2) is 0 Å². The molecule has 0 spiro atoms. The van der Waals surface area contributed by atoms with Gasteiger partial charge in [0.25, 0.3) is 5.91 Å². The molecule has 136 valence electrons. The Labute approximate surface area is 151 Å². The molecular weight excluding hydrogens is 326 g/mol. The van der Waals surface area contributed by atoms with Gasteiger partial charge in [0, 0.05) is 38.3 Å². The number of halogens is 1. The fraction of sp³-hybridized carbons (Fsp3) is 0.611. The molecule has 24 heavy (non-hydrogen) atoms. The highest BCUT2D eigenvalue weighted by Gasteiger charge is 2.09. The average Bonchev–Trinajstić information content (AvgIpc) is 2.60. The largest absolute Gasteiger partial charge is 0.494 e. The molecule has 0 atom stereocenters. The van der Waals surface area contributed by atoms with Gasteiger partial charge in [-0.2, -0.15) is 0 Å². The molecule has 2 N–H and O–H groups in total. The third kappa shape index (κ3) is 7.51. The van der Waals surface area contributed by atoms with Crippen LogP contribution in [0.15, 0.2) is 24.3 Å². The summed E-state index contributed by atoms with van der Waals surface area (Å²) < 4.78 is 5.60. The maximum atomic E-state index is 12.1. The molecule has 1 aliphatic heterocycles. The molecule has 1 aromatic rings. The number of carbonyl (C=O) groups is 1. The van der Waals surface area contributed by atoms with Crippen LogP contribution in [-0.4, -0.2) is 56.7 Å². The third-order valence-corrected chi connectivity index (χ3v) is 4.03. The molecule has 2 rings (SSSR count). The van der Waals surface area contributed by atoms with E-state index in [1.165, 1.54) is 0 Å². The Morgan fingerprint density at radius 2 is 1.92 bits per heavy atom. The number of ether oxygens (including phenoxy) is 1. The zero-order chi connectivity index (χ0) is 16.3. The van der Waals surface area contributed by atoms with Gasteiger partial charge in [-0.1, -0.05) is 13.3 Å². The summed E-state index contributed by atoms with van der Waals surface area (Å²) >= 11 is 0. The number of carbonyl (C=O) groups excluding carboxylic acids is 1. The summed E-state index contributed by atoms with van der Waals surface area (Å²) in [5.74, 6) is 0.819. The predicted molar refractivity (Wildman–Crippen MR) is 100 cm³/mol. The highest BCUT2D eigenvalue weighted by molar-refractivity contribution is 5.94. The molecule has 1 amide bonds.